The molecule has 0 aliphatic carbocycles. The lowest BCUT2D eigenvalue weighted by molar-refractivity contribution is 0.225. The van der Waals surface area contributed by atoms with Crippen LogP contribution in [-0.4, -0.2) is 51.5 Å². The Morgan fingerprint density at radius 3 is 2.16 bits per heavy atom. The standard InChI is InChI=1S/C25H36Cl2N10/c1-9-25(12(2)3,37-21-16-18(29-11-28-16)33-22(26)36-21)13(4)10-15-31-17-19(30-14(5)24(6,7)8)34-23(27)35-20(17)32-15/h11-14H,9-10H2,1-8H3,(H2,28,29,33,36,37)(H2,30,31,32,34,35)/t13?,14-,25+/m1/s1. The summed E-state index contributed by atoms with van der Waals surface area (Å²) < 4.78 is 0. The number of hydrogen-bond donors (Lipinski definition) is 4. The van der Waals surface area contributed by atoms with Gasteiger partial charge in [-0.3, -0.25) is 0 Å². The minimum atomic E-state index is -0.326. The van der Waals surface area contributed by atoms with E-state index in [4.69, 9.17) is 28.2 Å². The fourth-order valence-corrected chi connectivity index (χ4v) is 5.15. The molecule has 4 aromatic rings. The molecule has 0 amide bonds. The maximum Gasteiger partial charge on any atom is 0.226 e. The molecule has 3 atom stereocenters. The van der Waals surface area contributed by atoms with E-state index >= 15 is 0 Å². The number of imidazole rings is 2. The summed E-state index contributed by atoms with van der Waals surface area (Å²) in [7, 11) is 0. The predicted octanol–water partition coefficient (Wildman–Crippen LogP) is 6.27. The third kappa shape index (κ3) is 5.45. The van der Waals surface area contributed by atoms with E-state index in [-0.39, 0.29) is 39.4 Å². The van der Waals surface area contributed by atoms with E-state index in [9.17, 15) is 0 Å². The predicted molar refractivity (Wildman–Crippen MR) is 150 cm³/mol. The zero-order valence-electron chi connectivity index (χ0n) is 22.7. The van der Waals surface area contributed by atoms with Gasteiger partial charge in [-0.2, -0.15) is 19.9 Å². The second kappa shape index (κ2) is 10.2. The number of aromatic amines is 2. The van der Waals surface area contributed by atoms with Crippen LogP contribution in [0.4, 0.5) is 11.6 Å². The smallest absolute Gasteiger partial charge is 0.226 e. The van der Waals surface area contributed by atoms with Gasteiger partial charge in [0.25, 0.3) is 0 Å². The van der Waals surface area contributed by atoms with Crippen molar-refractivity contribution in [2.75, 3.05) is 10.6 Å². The number of halogens is 2. The third-order valence-corrected chi connectivity index (χ3v) is 7.95. The van der Waals surface area contributed by atoms with Gasteiger partial charge in [-0.1, -0.05) is 48.5 Å². The molecule has 0 saturated heterocycles. The van der Waals surface area contributed by atoms with E-state index in [2.05, 4.69) is 101 Å². The number of rotatable bonds is 9. The van der Waals surface area contributed by atoms with Crippen molar-refractivity contribution in [3.05, 3.63) is 22.7 Å². The molecule has 0 bridgehead atoms. The molecule has 4 N–H and O–H groups in total. The molecule has 4 aromatic heterocycles. The van der Waals surface area contributed by atoms with Crippen LogP contribution in [0.15, 0.2) is 6.33 Å². The van der Waals surface area contributed by atoms with Gasteiger partial charge in [0.05, 0.1) is 6.33 Å². The SMILES string of the molecule is CC[C@](Nc1nc(Cl)nc2[nH]cnc12)(C(C)C)C(C)Cc1nc2c(N[C@H](C)C(C)(C)C)nc(Cl)nc2[nH]1. The van der Waals surface area contributed by atoms with Crippen LogP contribution in [0.3, 0.4) is 0 Å². The Hall–Kier alpha value is -2.72. The van der Waals surface area contributed by atoms with Crippen molar-refractivity contribution in [2.45, 2.75) is 79.8 Å². The molecule has 37 heavy (non-hydrogen) atoms. The van der Waals surface area contributed by atoms with Gasteiger partial charge >= 0.3 is 0 Å². The monoisotopic (exact) mass is 546 g/mol. The van der Waals surface area contributed by atoms with Crippen molar-refractivity contribution in [2.24, 2.45) is 17.3 Å². The van der Waals surface area contributed by atoms with E-state index in [1.165, 1.54) is 0 Å². The van der Waals surface area contributed by atoms with Crippen molar-refractivity contribution in [3.8, 4) is 0 Å². The zero-order chi connectivity index (χ0) is 27.1. The summed E-state index contributed by atoms with van der Waals surface area (Å²) in [6.07, 6.45) is 3.12. The first-order valence-corrected chi connectivity index (χ1v) is 13.4. The number of hydrogen-bond acceptors (Lipinski definition) is 8. The molecule has 12 heteroatoms. The average Bonchev–Trinajstić information content (AvgIpc) is 3.42. The van der Waals surface area contributed by atoms with Gasteiger partial charge in [-0.25, -0.2) is 9.97 Å². The van der Waals surface area contributed by atoms with Crippen LogP contribution in [0.2, 0.25) is 10.6 Å². The maximum absolute atomic E-state index is 6.26. The fraction of sp³-hybridized carbons (Fsp3) is 0.600. The number of aromatic nitrogens is 8. The summed E-state index contributed by atoms with van der Waals surface area (Å²) in [5, 5.41) is 7.53. The normalized spacial score (nSPS) is 15.8. The van der Waals surface area contributed by atoms with Crippen LogP contribution in [0, 0.1) is 17.3 Å². The van der Waals surface area contributed by atoms with Crippen molar-refractivity contribution in [3.63, 3.8) is 0 Å². The van der Waals surface area contributed by atoms with Gasteiger partial charge in [0, 0.05) is 18.0 Å². The Kier molecular flexibility index (Phi) is 7.54. The summed E-state index contributed by atoms with van der Waals surface area (Å²) in [6.45, 7) is 17.4. The number of H-pyrrole nitrogens is 2. The maximum atomic E-state index is 6.26. The highest BCUT2D eigenvalue weighted by Crippen LogP contribution is 2.37. The highest BCUT2D eigenvalue weighted by molar-refractivity contribution is 6.29. The van der Waals surface area contributed by atoms with Crippen molar-refractivity contribution >= 4 is 57.2 Å². The first kappa shape index (κ1) is 27.3. The molecule has 0 radical (unpaired) electrons. The highest BCUT2D eigenvalue weighted by Gasteiger charge is 2.39. The highest BCUT2D eigenvalue weighted by atomic mass is 35.5. The lowest BCUT2D eigenvalue weighted by Crippen LogP contribution is -2.50. The van der Waals surface area contributed by atoms with Gasteiger partial charge < -0.3 is 20.6 Å². The lowest BCUT2D eigenvalue weighted by Gasteiger charge is -2.43. The molecule has 0 spiro atoms. The van der Waals surface area contributed by atoms with Gasteiger partial charge in [-0.05, 0) is 53.8 Å². The summed E-state index contributed by atoms with van der Waals surface area (Å²) in [5.41, 5.74) is 2.26. The first-order valence-electron chi connectivity index (χ1n) is 12.7. The largest absolute Gasteiger partial charge is 0.365 e. The molecule has 0 aliphatic heterocycles. The summed E-state index contributed by atoms with van der Waals surface area (Å²) in [5.74, 6) is 2.47. The number of anilines is 2. The molecule has 0 saturated carbocycles. The molecular formula is C25H36Cl2N10. The minimum absolute atomic E-state index is 0.0324. The van der Waals surface area contributed by atoms with Crippen LogP contribution in [-0.2, 0) is 6.42 Å². The van der Waals surface area contributed by atoms with Crippen molar-refractivity contribution in [1.82, 2.24) is 39.9 Å². The molecule has 200 valence electrons. The Labute approximate surface area is 227 Å². The van der Waals surface area contributed by atoms with Gasteiger partial charge in [0.2, 0.25) is 10.6 Å². The van der Waals surface area contributed by atoms with Crippen LogP contribution >= 0.6 is 23.2 Å². The zero-order valence-corrected chi connectivity index (χ0v) is 24.2. The van der Waals surface area contributed by atoms with Gasteiger partial charge in [-0.15, -0.1) is 0 Å². The number of nitrogens with one attached hydrogen (secondary N) is 4. The quantitative estimate of drug-likeness (QED) is 0.180. The molecule has 4 heterocycles. The summed E-state index contributed by atoms with van der Waals surface area (Å²) >= 11 is 12.5. The van der Waals surface area contributed by atoms with Crippen LogP contribution in [0.25, 0.3) is 22.3 Å². The van der Waals surface area contributed by atoms with Crippen LogP contribution in [0.1, 0.15) is 67.6 Å². The number of fused-ring (bicyclic) bond motifs is 2. The van der Waals surface area contributed by atoms with Crippen molar-refractivity contribution in [1.29, 1.82) is 0 Å². The Morgan fingerprint density at radius 2 is 1.54 bits per heavy atom. The summed E-state index contributed by atoms with van der Waals surface area (Å²) in [4.78, 5) is 33.3. The van der Waals surface area contributed by atoms with Crippen LogP contribution < -0.4 is 10.6 Å². The Bertz CT molecular complexity index is 1390. The van der Waals surface area contributed by atoms with E-state index in [1.807, 2.05) is 0 Å². The molecule has 0 aromatic carbocycles. The first-order chi connectivity index (χ1) is 17.3. The molecule has 10 nitrogen and oxygen atoms in total. The van der Waals surface area contributed by atoms with Crippen LogP contribution in [0.5, 0.6) is 0 Å². The Morgan fingerprint density at radius 1 is 0.892 bits per heavy atom. The molecule has 0 aliphatic rings. The summed E-state index contributed by atoms with van der Waals surface area (Å²) in [6, 6.07) is 0.150. The van der Waals surface area contributed by atoms with E-state index in [0.29, 0.717) is 40.4 Å². The van der Waals surface area contributed by atoms with E-state index < -0.39 is 0 Å². The Balaban J connectivity index is 1.67. The third-order valence-electron chi connectivity index (χ3n) is 7.62. The number of nitrogens with zero attached hydrogens (tertiary/aromatic N) is 6. The van der Waals surface area contributed by atoms with E-state index in [1.54, 1.807) is 6.33 Å². The fourth-order valence-electron chi connectivity index (χ4n) is 4.81. The minimum Gasteiger partial charge on any atom is -0.365 e. The second-order valence-electron chi connectivity index (χ2n) is 11.2. The van der Waals surface area contributed by atoms with Crippen molar-refractivity contribution < 1.29 is 0 Å². The molecular weight excluding hydrogens is 511 g/mol. The molecule has 4 rings (SSSR count). The molecule has 1 unspecified atom stereocenters. The van der Waals surface area contributed by atoms with E-state index in [0.717, 1.165) is 12.2 Å². The second-order valence-corrected chi connectivity index (χ2v) is 11.8. The van der Waals surface area contributed by atoms with Gasteiger partial charge in [0.15, 0.2) is 28.4 Å². The van der Waals surface area contributed by atoms with Gasteiger partial charge in [0.1, 0.15) is 11.3 Å². The topological polar surface area (TPSA) is 133 Å². The average molecular weight is 548 g/mol. The molecule has 0 fully saturated rings. The lowest BCUT2D eigenvalue weighted by atomic mass is 9.72.